The molecule has 3 heterocycles. The lowest BCUT2D eigenvalue weighted by Crippen LogP contribution is -2.37. The molecular formula is C19H19N5O4. The quantitative estimate of drug-likeness (QED) is 0.474. The number of fused-ring (bicyclic) bond motifs is 2. The highest BCUT2D eigenvalue weighted by Gasteiger charge is 2.34. The van der Waals surface area contributed by atoms with Gasteiger partial charge in [-0.15, -0.1) is 0 Å². The van der Waals surface area contributed by atoms with Gasteiger partial charge in [0.15, 0.2) is 11.2 Å². The Bertz CT molecular complexity index is 1200. The first-order valence-electron chi connectivity index (χ1n) is 8.98. The summed E-state index contributed by atoms with van der Waals surface area (Å²) in [6.07, 6.45) is 2.77. The summed E-state index contributed by atoms with van der Waals surface area (Å²) in [5, 5.41) is 0. The molecule has 3 aromatic rings. The van der Waals surface area contributed by atoms with E-state index in [1.807, 2.05) is 0 Å². The van der Waals surface area contributed by atoms with Crippen LogP contribution in [0.25, 0.3) is 11.2 Å². The lowest BCUT2D eigenvalue weighted by atomic mass is 10.1. The van der Waals surface area contributed by atoms with Crippen molar-refractivity contribution in [2.75, 3.05) is 6.54 Å². The average Bonchev–Trinajstić information content (AvgIpc) is 3.23. The maximum atomic E-state index is 12.4. The summed E-state index contributed by atoms with van der Waals surface area (Å²) in [6.45, 7) is 0.808. The van der Waals surface area contributed by atoms with Crippen molar-refractivity contribution >= 4 is 23.0 Å². The van der Waals surface area contributed by atoms with E-state index >= 15 is 0 Å². The second kappa shape index (κ2) is 6.59. The summed E-state index contributed by atoms with van der Waals surface area (Å²) in [4.78, 5) is 54.6. The maximum Gasteiger partial charge on any atom is 0.332 e. The number of rotatable bonds is 5. The van der Waals surface area contributed by atoms with E-state index in [9.17, 15) is 19.2 Å². The molecule has 1 aromatic carbocycles. The average molecular weight is 381 g/mol. The molecule has 0 radical (unpaired) electrons. The number of carbonyl (C=O) groups is 2. The van der Waals surface area contributed by atoms with Gasteiger partial charge in [-0.2, -0.15) is 0 Å². The van der Waals surface area contributed by atoms with Gasteiger partial charge in [0.1, 0.15) is 0 Å². The fourth-order valence-corrected chi connectivity index (χ4v) is 3.56. The molecule has 0 N–H and O–H groups in total. The Hall–Kier alpha value is -3.49. The Morgan fingerprint density at radius 3 is 2.11 bits per heavy atom. The smallest absolute Gasteiger partial charge is 0.325 e. The van der Waals surface area contributed by atoms with Crippen molar-refractivity contribution in [3.63, 3.8) is 0 Å². The normalized spacial score (nSPS) is 13.6. The van der Waals surface area contributed by atoms with Crippen LogP contribution in [-0.4, -0.2) is 41.9 Å². The molecule has 0 fully saturated rings. The number of imidazole rings is 1. The van der Waals surface area contributed by atoms with Crippen molar-refractivity contribution < 1.29 is 9.59 Å². The van der Waals surface area contributed by atoms with E-state index in [0.717, 1.165) is 4.57 Å². The number of amides is 2. The largest absolute Gasteiger partial charge is 0.332 e. The molecule has 28 heavy (non-hydrogen) atoms. The minimum absolute atomic E-state index is 0.266. The highest BCUT2D eigenvalue weighted by Crippen LogP contribution is 2.22. The summed E-state index contributed by atoms with van der Waals surface area (Å²) in [6, 6.07) is 6.80. The number of benzene rings is 1. The van der Waals surface area contributed by atoms with Crippen LogP contribution in [0.5, 0.6) is 0 Å². The molecule has 9 nitrogen and oxygen atoms in total. The summed E-state index contributed by atoms with van der Waals surface area (Å²) in [7, 11) is 3.01. The molecule has 0 saturated carbocycles. The van der Waals surface area contributed by atoms with Crippen LogP contribution >= 0.6 is 0 Å². The van der Waals surface area contributed by atoms with E-state index in [1.165, 1.54) is 22.8 Å². The van der Waals surface area contributed by atoms with Gasteiger partial charge in [0, 0.05) is 27.2 Å². The monoisotopic (exact) mass is 381 g/mol. The van der Waals surface area contributed by atoms with Crippen molar-refractivity contribution in [3.05, 3.63) is 62.6 Å². The van der Waals surface area contributed by atoms with Crippen LogP contribution in [0.3, 0.4) is 0 Å². The fourth-order valence-electron chi connectivity index (χ4n) is 3.56. The highest BCUT2D eigenvalue weighted by molar-refractivity contribution is 6.21. The Balaban J connectivity index is 1.46. The number of hydrogen-bond acceptors (Lipinski definition) is 5. The van der Waals surface area contributed by atoms with Gasteiger partial charge in [0.05, 0.1) is 17.5 Å². The number of aryl methyl sites for hydroxylation is 2. The second-order valence-corrected chi connectivity index (χ2v) is 6.83. The standard InChI is InChI=1S/C19H19N5O4/c1-21-15-14(18(27)22(2)19(21)28)23(11-20-15)9-5-6-10-24-16(25)12-7-3-4-8-13(12)17(24)26/h3-4,7-8,11H,5-6,9-10H2,1-2H3. The first-order valence-corrected chi connectivity index (χ1v) is 8.98. The maximum absolute atomic E-state index is 12.4. The summed E-state index contributed by atoms with van der Waals surface area (Å²) in [5.41, 5.74) is 0.776. The minimum Gasteiger partial charge on any atom is -0.325 e. The number of hydrogen-bond donors (Lipinski definition) is 0. The van der Waals surface area contributed by atoms with Gasteiger partial charge < -0.3 is 4.57 Å². The van der Waals surface area contributed by atoms with Crippen LogP contribution in [0, 0.1) is 0 Å². The molecular weight excluding hydrogens is 362 g/mol. The Morgan fingerprint density at radius 2 is 1.46 bits per heavy atom. The van der Waals surface area contributed by atoms with Crippen LogP contribution in [0.15, 0.2) is 40.2 Å². The Labute approximate surface area is 159 Å². The first kappa shape index (κ1) is 17.9. The van der Waals surface area contributed by atoms with Gasteiger partial charge in [0.2, 0.25) is 0 Å². The highest BCUT2D eigenvalue weighted by atomic mass is 16.2. The number of aromatic nitrogens is 4. The van der Waals surface area contributed by atoms with Gasteiger partial charge in [-0.1, -0.05) is 12.1 Å². The van der Waals surface area contributed by atoms with Crippen molar-refractivity contribution in [1.82, 2.24) is 23.6 Å². The van der Waals surface area contributed by atoms with E-state index in [1.54, 1.807) is 35.9 Å². The lowest BCUT2D eigenvalue weighted by molar-refractivity contribution is 0.0651. The van der Waals surface area contributed by atoms with Gasteiger partial charge in [-0.3, -0.25) is 28.4 Å². The third kappa shape index (κ3) is 2.58. The predicted molar refractivity (Wildman–Crippen MR) is 101 cm³/mol. The molecule has 0 unspecified atom stereocenters. The van der Waals surface area contributed by atoms with Gasteiger partial charge in [-0.05, 0) is 25.0 Å². The second-order valence-electron chi connectivity index (χ2n) is 6.83. The van der Waals surface area contributed by atoms with Crippen LogP contribution in [0.2, 0.25) is 0 Å². The lowest BCUT2D eigenvalue weighted by Gasteiger charge is -2.13. The molecule has 0 bridgehead atoms. The molecule has 2 aromatic heterocycles. The van der Waals surface area contributed by atoms with E-state index in [2.05, 4.69) is 4.98 Å². The minimum atomic E-state index is -0.423. The van der Waals surface area contributed by atoms with Crippen LogP contribution in [0.1, 0.15) is 33.6 Å². The number of nitrogens with zero attached hydrogens (tertiary/aromatic N) is 5. The van der Waals surface area contributed by atoms with E-state index < -0.39 is 11.2 Å². The van der Waals surface area contributed by atoms with Crippen LogP contribution < -0.4 is 11.2 Å². The predicted octanol–water partition coefficient (Wildman–Crippen LogP) is 0.510. The molecule has 1 aliphatic heterocycles. The summed E-state index contributed by atoms with van der Waals surface area (Å²) < 4.78 is 4.10. The Morgan fingerprint density at radius 1 is 0.857 bits per heavy atom. The van der Waals surface area contributed by atoms with E-state index in [4.69, 9.17) is 0 Å². The number of imide groups is 1. The summed E-state index contributed by atoms with van der Waals surface area (Å²) in [5.74, 6) is -0.532. The first-order chi connectivity index (χ1) is 13.4. The van der Waals surface area contributed by atoms with Crippen molar-refractivity contribution in [2.45, 2.75) is 19.4 Å². The molecule has 0 saturated heterocycles. The fraction of sp³-hybridized carbons (Fsp3) is 0.316. The topological polar surface area (TPSA) is 99.2 Å². The van der Waals surface area contributed by atoms with Gasteiger partial charge >= 0.3 is 5.69 Å². The molecule has 144 valence electrons. The van der Waals surface area contributed by atoms with Crippen molar-refractivity contribution in [3.8, 4) is 0 Å². The van der Waals surface area contributed by atoms with Crippen molar-refractivity contribution in [1.29, 1.82) is 0 Å². The van der Waals surface area contributed by atoms with Crippen LogP contribution in [0.4, 0.5) is 0 Å². The molecule has 0 aliphatic carbocycles. The van der Waals surface area contributed by atoms with E-state index in [-0.39, 0.29) is 11.8 Å². The van der Waals surface area contributed by atoms with Crippen LogP contribution in [-0.2, 0) is 20.6 Å². The number of carbonyl (C=O) groups excluding carboxylic acids is 2. The molecule has 1 aliphatic rings. The number of unbranched alkanes of at least 4 members (excludes halogenated alkanes) is 1. The third-order valence-corrected chi connectivity index (χ3v) is 5.13. The van der Waals surface area contributed by atoms with Crippen molar-refractivity contribution in [2.24, 2.45) is 14.1 Å². The van der Waals surface area contributed by atoms with Gasteiger partial charge in [0.25, 0.3) is 17.4 Å². The zero-order chi connectivity index (χ0) is 20.0. The molecule has 0 spiro atoms. The Kier molecular flexibility index (Phi) is 4.21. The summed E-state index contributed by atoms with van der Waals surface area (Å²) >= 11 is 0. The van der Waals surface area contributed by atoms with Gasteiger partial charge in [-0.25, -0.2) is 9.78 Å². The molecule has 4 rings (SSSR count). The zero-order valence-corrected chi connectivity index (χ0v) is 15.6. The van der Waals surface area contributed by atoms with E-state index in [0.29, 0.717) is 48.2 Å². The third-order valence-electron chi connectivity index (χ3n) is 5.13. The molecule has 2 amide bonds. The SMILES string of the molecule is Cn1c(=O)c2c(ncn2CCCCN2C(=O)c3ccccc3C2=O)n(C)c1=O. The molecule has 0 atom stereocenters. The zero-order valence-electron chi connectivity index (χ0n) is 15.6. The molecule has 9 heteroatoms.